The molecule has 5 heteroatoms. The highest BCUT2D eigenvalue weighted by molar-refractivity contribution is 8.01. The highest BCUT2D eigenvalue weighted by atomic mass is 32.2. The van der Waals surface area contributed by atoms with Crippen molar-refractivity contribution in [2.24, 2.45) is 5.18 Å². The molecule has 0 rings (SSSR count). The summed E-state index contributed by atoms with van der Waals surface area (Å²) >= 11 is 1.49. The predicted molar refractivity (Wildman–Crippen MR) is 60.2 cm³/mol. The minimum absolute atomic E-state index is 0.0936. The Balaban J connectivity index is 4.32. The third-order valence-corrected chi connectivity index (χ3v) is 2.99. The second-order valence-electron chi connectivity index (χ2n) is 3.38. The van der Waals surface area contributed by atoms with Crippen molar-refractivity contribution in [2.75, 3.05) is 19.5 Å². The zero-order valence-corrected chi connectivity index (χ0v) is 9.63. The van der Waals surface area contributed by atoms with Gasteiger partial charge in [0.15, 0.2) is 6.67 Å². The topological polar surface area (TPSA) is 49.7 Å². The van der Waals surface area contributed by atoms with E-state index in [1.54, 1.807) is 13.1 Å². The van der Waals surface area contributed by atoms with Crippen LogP contribution in [0.15, 0.2) is 17.8 Å². The summed E-state index contributed by atoms with van der Waals surface area (Å²) in [6.07, 6.45) is 1.75. The van der Waals surface area contributed by atoms with Crippen LogP contribution in [0, 0.1) is 4.91 Å². The average molecular weight is 216 g/mol. The molecule has 1 amide bonds. The van der Waals surface area contributed by atoms with Crippen molar-refractivity contribution in [3.05, 3.63) is 17.6 Å². The Morgan fingerprint density at radius 3 is 2.64 bits per heavy atom. The lowest BCUT2D eigenvalue weighted by atomic mass is 10.2. The number of carbonyl (C=O) groups excluding carboxylic acids is 1. The second kappa shape index (κ2) is 5.80. The summed E-state index contributed by atoms with van der Waals surface area (Å²) in [5.74, 6) is 0.616. The van der Waals surface area contributed by atoms with Crippen LogP contribution < -0.4 is 0 Å². The third-order valence-electron chi connectivity index (χ3n) is 1.69. The highest BCUT2D eigenvalue weighted by Gasteiger charge is 2.30. The Morgan fingerprint density at radius 2 is 2.21 bits per heavy atom. The first-order valence-corrected chi connectivity index (χ1v) is 5.23. The van der Waals surface area contributed by atoms with Gasteiger partial charge in [-0.2, -0.15) is 0 Å². The molecule has 0 spiro atoms. The van der Waals surface area contributed by atoms with Crippen molar-refractivity contribution in [1.82, 2.24) is 4.90 Å². The van der Waals surface area contributed by atoms with E-state index in [1.165, 1.54) is 16.7 Å². The van der Waals surface area contributed by atoms with E-state index in [4.69, 9.17) is 0 Å². The quantitative estimate of drug-likeness (QED) is 0.503. The summed E-state index contributed by atoms with van der Waals surface area (Å²) in [5, 5.41) is 2.68. The molecule has 0 atom stereocenters. The van der Waals surface area contributed by atoms with Crippen molar-refractivity contribution in [2.45, 2.75) is 18.6 Å². The Kier molecular flexibility index (Phi) is 5.45. The average Bonchev–Trinajstić information content (AvgIpc) is 2.14. The first-order valence-electron chi connectivity index (χ1n) is 4.25. The molecule has 0 saturated heterocycles. The van der Waals surface area contributed by atoms with E-state index in [2.05, 4.69) is 11.8 Å². The first-order chi connectivity index (χ1) is 6.45. The van der Waals surface area contributed by atoms with Crippen molar-refractivity contribution in [3.63, 3.8) is 0 Å². The van der Waals surface area contributed by atoms with Crippen LogP contribution in [0.5, 0.6) is 0 Å². The number of hydrogen-bond donors (Lipinski definition) is 0. The van der Waals surface area contributed by atoms with Gasteiger partial charge in [-0.25, -0.2) is 0 Å². The molecular weight excluding hydrogens is 200 g/mol. The zero-order valence-electron chi connectivity index (χ0n) is 8.82. The fourth-order valence-electron chi connectivity index (χ4n) is 0.939. The molecule has 0 N–H and O–H groups in total. The van der Waals surface area contributed by atoms with E-state index in [-0.39, 0.29) is 12.6 Å². The molecule has 0 bridgehead atoms. The van der Waals surface area contributed by atoms with Crippen molar-refractivity contribution in [1.29, 1.82) is 0 Å². The molecule has 80 valence electrons. The van der Waals surface area contributed by atoms with Gasteiger partial charge in [-0.15, -0.1) is 23.2 Å². The van der Waals surface area contributed by atoms with Crippen molar-refractivity contribution < 1.29 is 4.79 Å². The van der Waals surface area contributed by atoms with Gasteiger partial charge in [0, 0.05) is 12.8 Å². The molecule has 0 aromatic carbocycles. The minimum atomic E-state index is -0.534. The largest absolute Gasteiger partial charge is 0.322 e. The number of nitrogens with zero attached hydrogens (tertiary/aromatic N) is 2. The normalized spacial score (nSPS) is 10.8. The molecule has 0 aliphatic carbocycles. The predicted octanol–water partition coefficient (Wildman–Crippen LogP) is 1.87. The van der Waals surface area contributed by atoms with E-state index < -0.39 is 4.75 Å². The summed E-state index contributed by atoms with van der Waals surface area (Å²) in [6, 6.07) is 0. The standard InChI is InChI=1S/C9H16N2O2S/c1-5-6-14-9(2,3)8(12)11(4)7-10-13/h5H,1,6-7H2,2-4H3. The van der Waals surface area contributed by atoms with Crippen LogP contribution in [0.2, 0.25) is 0 Å². The summed E-state index contributed by atoms with van der Waals surface area (Å²) in [6.45, 7) is 7.14. The number of nitroso groups, excluding NO2 is 1. The SMILES string of the molecule is C=CCSC(C)(C)C(=O)N(C)CN=O. The lowest BCUT2D eigenvalue weighted by Crippen LogP contribution is -2.41. The minimum Gasteiger partial charge on any atom is -0.322 e. The molecule has 0 fully saturated rings. The van der Waals surface area contributed by atoms with E-state index in [9.17, 15) is 9.70 Å². The maximum Gasteiger partial charge on any atom is 0.239 e. The van der Waals surface area contributed by atoms with Crippen molar-refractivity contribution in [3.8, 4) is 0 Å². The molecule has 0 heterocycles. The van der Waals surface area contributed by atoms with Crippen molar-refractivity contribution >= 4 is 17.7 Å². The van der Waals surface area contributed by atoms with Gasteiger partial charge in [-0.1, -0.05) is 6.08 Å². The number of carbonyl (C=O) groups is 1. The molecule has 4 nitrogen and oxygen atoms in total. The van der Waals surface area contributed by atoms with E-state index in [0.717, 1.165) is 0 Å². The van der Waals surface area contributed by atoms with E-state index in [0.29, 0.717) is 5.75 Å². The monoisotopic (exact) mass is 216 g/mol. The molecule has 0 aliphatic rings. The highest BCUT2D eigenvalue weighted by Crippen LogP contribution is 2.26. The molecule has 14 heavy (non-hydrogen) atoms. The van der Waals surface area contributed by atoms with Gasteiger partial charge in [0.25, 0.3) is 0 Å². The van der Waals surface area contributed by atoms with Gasteiger partial charge >= 0.3 is 0 Å². The van der Waals surface area contributed by atoms with Crippen LogP contribution in [-0.2, 0) is 4.79 Å². The number of hydrogen-bond acceptors (Lipinski definition) is 4. The molecular formula is C9H16N2O2S. The van der Waals surface area contributed by atoms with Gasteiger partial charge < -0.3 is 4.90 Å². The fraction of sp³-hybridized carbons (Fsp3) is 0.667. The third kappa shape index (κ3) is 3.91. The maximum atomic E-state index is 11.7. The lowest BCUT2D eigenvalue weighted by Gasteiger charge is -2.26. The Labute approximate surface area is 88.7 Å². The van der Waals surface area contributed by atoms with Crippen LogP contribution in [0.1, 0.15) is 13.8 Å². The van der Waals surface area contributed by atoms with Crippen LogP contribution in [-0.4, -0.2) is 35.0 Å². The summed E-state index contributed by atoms with van der Waals surface area (Å²) in [5.41, 5.74) is 0. The van der Waals surface area contributed by atoms with Crippen LogP contribution >= 0.6 is 11.8 Å². The van der Waals surface area contributed by atoms with Gasteiger partial charge in [0.05, 0.1) is 4.75 Å². The van der Waals surface area contributed by atoms with Gasteiger partial charge in [-0.05, 0) is 19.0 Å². The van der Waals surface area contributed by atoms with E-state index >= 15 is 0 Å². The van der Waals surface area contributed by atoms with E-state index in [1.807, 2.05) is 13.8 Å². The number of thioether (sulfide) groups is 1. The van der Waals surface area contributed by atoms with Gasteiger partial charge in [-0.3, -0.25) is 4.79 Å². The summed E-state index contributed by atoms with van der Waals surface area (Å²) in [4.78, 5) is 23.0. The molecule has 0 unspecified atom stereocenters. The smallest absolute Gasteiger partial charge is 0.239 e. The summed E-state index contributed by atoms with van der Waals surface area (Å²) < 4.78 is -0.534. The van der Waals surface area contributed by atoms with Gasteiger partial charge in [0.2, 0.25) is 5.91 Å². The molecule has 0 radical (unpaired) electrons. The second-order valence-corrected chi connectivity index (χ2v) is 5.03. The molecule has 0 aromatic heterocycles. The summed E-state index contributed by atoms with van der Waals surface area (Å²) in [7, 11) is 1.57. The Hall–Kier alpha value is -0.840. The molecule has 0 saturated carbocycles. The van der Waals surface area contributed by atoms with Crippen LogP contribution in [0.4, 0.5) is 0 Å². The van der Waals surface area contributed by atoms with Crippen LogP contribution in [0.25, 0.3) is 0 Å². The molecule has 0 aliphatic heterocycles. The Bertz CT molecular complexity index is 229. The van der Waals surface area contributed by atoms with Gasteiger partial charge in [0.1, 0.15) is 0 Å². The fourth-order valence-corrected chi connectivity index (χ4v) is 1.75. The number of amides is 1. The first kappa shape index (κ1) is 13.2. The van der Waals surface area contributed by atoms with Crippen LogP contribution in [0.3, 0.4) is 0 Å². The lowest BCUT2D eigenvalue weighted by molar-refractivity contribution is -0.131. The zero-order chi connectivity index (χ0) is 11.2. The maximum absolute atomic E-state index is 11.7. The Morgan fingerprint density at radius 1 is 1.64 bits per heavy atom. The number of rotatable bonds is 6. The molecule has 0 aromatic rings.